The van der Waals surface area contributed by atoms with Crippen molar-refractivity contribution >= 4 is 35.1 Å². The second-order valence-corrected chi connectivity index (χ2v) is 6.72. The lowest BCUT2D eigenvalue weighted by Gasteiger charge is -2.11. The highest BCUT2D eigenvalue weighted by molar-refractivity contribution is 6.30. The van der Waals surface area contributed by atoms with Gasteiger partial charge < -0.3 is 5.32 Å². The third-order valence-electron chi connectivity index (χ3n) is 4.36. The Morgan fingerprint density at radius 3 is 2.70 bits per heavy atom. The zero-order chi connectivity index (χ0) is 19.0. The topological polar surface area (TPSA) is 88.9 Å². The molecule has 0 saturated carbocycles. The van der Waals surface area contributed by atoms with E-state index >= 15 is 0 Å². The lowest BCUT2D eigenvalue weighted by molar-refractivity contribution is -0.123. The summed E-state index contributed by atoms with van der Waals surface area (Å²) < 4.78 is 1.46. The van der Waals surface area contributed by atoms with Gasteiger partial charge in [-0.05, 0) is 42.8 Å². The van der Waals surface area contributed by atoms with Crippen molar-refractivity contribution in [3.63, 3.8) is 0 Å². The first-order valence-electron chi connectivity index (χ1n) is 8.40. The highest BCUT2D eigenvalue weighted by Gasteiger charge is 2.35. The maximum Gasteiger partial charge on any atom is 0.252 e. The van der Waals surface area contributed by atoms with Gasteiger partial charge in [0, 0.05) is 16.3 Å². The number of carbonyl (C=O) groups is 2. The Morgan fingerprint density at radius 2 is 1.96 bits per heavy atom. The Bertz CT molecular complexity index is 1030. The van der Waals surface area contributed by atoms with E-state index in [9.17, 15) is 9.59 Å². The number of aromatic nitrogens is 3. The molecular formula is C19H16ClN5O2. The summed E-state index contributed by atoms with van der Waals surface area (Å²) >= 11 is 5.90. The Kier molecular flexibility index (Phi) is 4.37. The van der Waals surface area contributed by atoms with Crippen molar-refractivity contribution in [2.75, 3.05) is 10.6 Å². The highest BCUT2D eigenvalue weighted by atomic mass is 35.5. The van der Waals surface area contributed by atoms with Gasteiger partial charge in [-0.1, -0.05) is 29.8 Å². The van der Waals surface area contributed by atoms with Crippen LogP contribution in [-0.2, 0) is 9.59 Å². The molecule has 0 spiro atoms. The van der Waals surface area contributed by atoms with Crippen LogP contribution in [0, 0.1) is 6.92 Å². The van der Waals surface area contributed by atoms with Gasteiger partial charge in [-0.15, -0.1) is 5.10 Å². The van der Waals surface area contributed by atoms with Crippen molar-refractivity contribution in [1.82, 2.24) is 14.8 Å². The van der Waals surface area contributed by atoms with Crippen molar-refractivity contribution < 1.29 is 9.59 Å². The molecule has 0 bridgehead atoms. The van der Waals surface area contributed by atoms with Crippen LogP contribution in [0.1, 0.15) is 18.0 Å². The quantitative estimate of drug-likeness (QED) is 0.724. The predicted molar refractivity (Wildman–Crippen MR) is 103 cm³/mol. The van der Waals surface area contributed by atoms with E-state index in [-0.39, 0.29) is 18.2 Å². The summed E-state index contributed by atoms with van der Waals surface area (Å²) in [6.45, 7) is 1.91. The third kappa shape index (κ3) is 3.41. The van der Waals surface area contributed by atoms with Crippen molar-refractivity contribution in [2.45, 2.75) is 19.4 Å². The van der Waals surface area contributed by atoms with Crippen LogP contribution in [0.15, 0.2) is 48.5 Å². The molecular weight excluding hydrogens is 366 g/mol. The smallest absolute Gasteiger partial charge is 0.252 e. The fourth-order valence-electron chi connectivity index (χ4n) is 2.92. The molecule has 7 nitrogen and oxygen atoms in total. The van der Waals surface area contributed by atoms with Crippen LogP contribution in [0.5, 0.6) is 0 Å². The van der Waals surface area contributed by atoms with Gasteiger partial charge in [0.15, 0.2) is 5.82 Å². The lowest BCUT2D eigenvalue weighted by Crippen LogP contribution is -2.24. The normalized spacial score (nSPS) is 15.3. The molecule has 1 aliphatic heterocycles. The number of carbonyl (C=O) groups excluding carboxylic acids is 2. The second-order valence-electron chi connectivity index (χ2n) is 6.28. The van der Waals surface area contributed by atoms with Crippen LogP contribution in [0.3, 0.4) is 0 Å². The van der Waals surface area contributed by atoms with E-state index in [1.165, 1.54) is 4.68 Å². The first-order chi connectivity index (χ1) is 13.0. The average molecular weight is 382 g/mol. The molecule has 2 heterocycles. The Hall–Kier alpha value is -3.19. The number of hydrogen-bond acceptors (Lipinski definition) is 4. The monoisotopic (exact) mass is 381 g/mol. The minimum Gasteiger partial charge on any atom is -0.326 e. The highest BCUT2D eigenvalue weighted by Crippen LogP contribution is 2.29. The van der Waals surface area contributed by atoms with E-state index in [1.807, 2.05) is 31.2 Å². The number of aryl methyl sites for hydroxylation is 1. The minimum absolute atomic E-state index is 0.0312. The van der Waals surface area contributed by atoms with E-state index in [1.54, 1.807) is 24.3 Å². The van der Waals surface area contributed by atoms with Crippen LogP contribution in [0.2, 0.25) is 5.02 Å². The number of nitrogens with zero attached hydrogens (tertiary/aromatic N) is 3. The van der Waals surface area contributed by atoms with Crippen molar-refractivity contribution in [2.24, 2.45) is 0 Å². The molecule has 2 aromatic carbocycles. The zero-order valence-electron chi connectivity index (χ0n) is 14.4. The summed E-state index contributed by atoms with van der Waals surface area (Å²) in [5.41, 5.74) is 2.45. The van der Waals surface area contributed by atoms with E-state index in [0.717, 1.165) is 16.8 Å². The van der Waals surface area contributed by atoms with E-state index in [4.69, 9.17) is 11.6 Å². The van der Waals surface area contributed by atoms with Gasteiger partial charge in [-0.2, -0.15) is 4.98 Å². The van der Waals surface area contributed by atoms with Gasteiger partial charge in [-0.3, -0.25) is 14.9 Å². The third-order valence-corrected chi connectivity index (χ3v) is 4.62. The molecule has 8 heteroatoms. The number of rotatable bonds is 4. The number of benzene rings is 2. The van der Waals surface area contributed by atoms with Crippen LogP contribution in [0.4, 0.5) is 11.6 Å². The molecule has 1 atom stereocenters. The standard InChI is InChI=1S/C19H16ClN5O2/c1-11-4-2-3-5-14(11)21-16(26)10-15-18(27)23-19-22-17(24-25(15)19)12-6-8-13(20)9-7-12/h2-9,15H,10H2,1H3,(H,21,26)(H,22,23,24,27)/t15-/m0/s1. The summed E-state index contributed by atoms with van der Waals surface area (Å²) in [4.78, 5) is 29.0. The van der Waals surface area contributed by atoms with E-state index in [2.05, 4.69) is 20.7 Å². The summed E-state index contributed by atoms with van der Waals surface area (Å²) in [7, 11) is 0. The number of nitrogens with one attached hydrogen (secondary N) is 2. The lowest BCUT2D eigenvalue weighted by atomic mass is 10.1. The van der Waals surface area contributed by atoms with Gasteiger partial charge >= 0.3 is 0 Å². The Morgan fingerprint density at radius 1 is 1.22 bits per heavy atom. The van der Waals surface area contributed by atoms with E-state index in [0.29, 0.717) is 16.8 Å². The van der Waals surface area contributed by atoms with E-state index < -0.39 is 6.04 Å². The summed E-state index contributed by atoms with van der Waals surface area (Å²) in [6.07, 6.45) is -0.0312. The Labute approximate surface area is 160 Å². The Balaban J connectivity index is 1.53. The van der Waals surface area contributed by atoms with Crippen molar-refractivity contribution in [3.8, 4) is 11.4 Å². The van der Waals surface area contributed by atoms with Gasteiger partial charge in [0.05, 0.1) is 6.42 Å². The number of hydrogen-bond donors (Lipinski definition) is 2. The molecule has 3 aromatic rings. The molecule has 27 heavy (non-hydrogen) atoms. The molecule has 0 unspecified atom stereocenters. The first kappa shape index (κ1) is 17.2. The van der Waals surface area contributed by atoms with Gasteiger partial charge in [-0.25, -0.2) is 4.68 Å². The SMILES string of the molecule is Cc1ccccc1NC(=O)C[C@H]1C(=O)Nc2nc(-c3ccc(Cl)cc3)nn21. The second kappa shape index (κ2) is 6.85. The molecule has 1 aliphatic rings. The van der Waals surface area contributed by atoms with Crippen LogP contribution in [0.25, 0.3) is 11.4 Å². The molecule has 2 N–H and O–H groups in total. The molecule has 136 valence electrons. The largest absolute Gasteiger partial charge is 0.326 e. The fraction of sp³-hybridized carbons (Fsp3) is 0.158. The molecule has 0 radical (unpaired) electrons. The molecule has 4 rings (SSSR count). The van der Waals surface area contributed by atoms with Crippen LogP contribution >= 0.6 is 11.6 Å². The molecule has 0 aliphatic carbocycles. The average Bonchev–Trinajstić information content (AvgIpc) is 3.17. The predicted octanol–water partition coefficient (Wildman–Crippen LogP) is 3.43. The van der Waals surface area contributed by atoms with Gasteiger partial charge in [0.2, 0.25) is 11.9 Å². The van der Waals surface area contributed by atoms with Crippen molar-refractivity contribution in [1.29, 1.82) is 0 Å². The van der Waals surface area contributed by atoms with Crippen LogP contribution < -0.4 is 10.6 Å². The maximum atomic E-state index is 12.4. The van der Waals surface area contributed by atoms with Crippen molar-refractivity contribution in [3.05, 3.63) is 59.1 Å². The first-order valence-corrected chi connectivity index (χ1v) is 8.78. The minimum atomic E-state index is -0.738. The van der Waals surface area contributed by atoms with Crippen LogP contribution in [-0.4, -0.2) is 26.6 Å². The summed E-state index contributed by atoms with van der Waals surface area (Å²) in [5.74, 6) is 0.234. The maximum absolute atomic E-state index is 12.4. The number of fused-ring (bicyclic) bond motifs is 1. The van der Waals surface area contributed by atoms with Gasteiger partial charge in [0.1, 0.15) is 6.04 Å². The number of para-hydroxylation sites is 1. The number of amides is 2. The molecule has 1 aromatic heterocycles. The molecule has 0 fully saturated rings. The summed E-state index contributed by atoms with van der Waals surface area (Å²) in [6, 6.07) is 13.8. The zero-order valence-corrected chi connectivity index (χ0v) is 15.2. The molecule has 2 amide bonds. The molecule has 0 saturated heterocycles. The van der Waals surface area contributed by atoms with Gasteiger partial charge in [0.25, 0.3) is 5.91 Å². The summed E-state index contributed by atoms with van der Waals surface area (Å²) in [5, 5.41) is 10.5. The number of anilines is 2. The fourth-order valence-corrected chi connectivity index (χ4v) is 3.05. The number of halogens is 1.